The monoisotopic (exact) mass is 210 g/mol. The normalized spacial score (nSPS) is 21.8. The third-order valence-corrected chi connectivity index (χ3v) is 2.68. The molecule has 1 saturated heterocycles. The second-order valence-electron chi connectivity index (χ2n) is 3.88. The van der Waals surface area contributed by atoms with Gasteiger partial charge >= 0.3 is 0 Å². The molecule has 0 spiro atoms. The van der Waals surface area contributed by atoms with Gasteiger partial charge in [-0.2, -0.15) is 5.10 Å². The Balaban J connectivity index is 1.93. The Morgan fingerprint density at radius 1 is 1.60 bits per heavy atom. The van der Waals surface area contributed by atoms with Crippen LogP contribution < -0.4 is 5.32 Å². The third-order valence-electron chi connectivity index (χ3n) is 2.68. The Labute approximate surface area is 89.8 Å². The fourth-order valence-corrected chi connectivity index (χ4v) is 1.88. The average molecular weight is 210 g/mol. The zero-order chi connectivity index (χ0) is 10.5. The molecule has 1 aliphatic rings. The quantitative estimate of drug-likeness (QED) is 0.789. The Bertz CT molecular complexity index is 293. The molecule has 0 amide bonds. The van der Waals surface area contributed by atoms with E-state index in [0.717, 1.165) is 31.9 Å². The molecule has 0 bridgehead atoms. The second-order valence-corrected chi connectivity index (χ2v) is 3.88. The van der Waals surface area contributed by atoms with Crippen molar-refractivity contribution < 1.29 is 4.74 Å². The van der Waals surface area contributed by atoms with Crippen molar-refractivity contribution in [3.05, 3.63) is 12.2 Å². The van der Waals surface area contributed by atoms with Crippen molar-refractivity contribution in [3.8, 4) is 0 Å². The van der Waals surface area contributed by atoms with Gasteiger partial charge in [-0.3, -0.25) is 0 Å². The van der Waals surface area contributed by atoms with Gasteiger partial charge in [0.15, 0.2) is 0 Å². The number of ether oxygens (including phenoxy) is 1. The highest BCUT2D eigenvalue weighted by Gasteiger charge is 2.16. The number of hydrogen-bond acceptors (Lipinski definition) is 4. The molecule has 0 aromatic carbocycles. The number of nitrogens with zero attached hydrogens (tertiary/aromatic N) is 3. The SMILES string of the molecule is CNCc1ncnn1CC1CCCCO1. The van der Waals surface area contributed by atoms with Crippen LogP contribution in [-0.2, 0) is 17.8 Å². The largest absolute Gasteiger partial charge is 0.376 e. The summed E-state index contributed by atoms with van der Waals surface area (Å²) in [6, 6.07) is 0. The summed E-state index contributed by atoms with van der Waals surface area (Å²) in [4.78, 5) is 4.21. The average Bonchev–Trinajstić information content (AvgIpc) is 2.68. The van der Waals surface area contributed by atoms with Gasteiger partial charge in [-0.15, -0.1) is 0 Å². The van der Waals surface area contributed by atoms with Crippen LogP contribution in [0.1, 0.15) is 25.1 Å². The van der Waals surface area contributed by atoms with Crippen molar-refractivity contribution in [1.82, 2.24) is 20.1 Å². The van der Waals surface area contributed by atoms with Crippen LogP contribution in [0.25, 0.3) is 0 Å². The lowest BCUT2D eigenvalue weighted by molar-refractivity contribution is 0.00339. The molecule has 1 N–H and O–H groups in total. The molecule has 0 aliphatic carbocycles. The van der Waals surface area contributed by atoms with E-state index in [1.165, 1.54) is 12.8 Å². The molecule has 2 heterocycles. The smallest absolute Gasteiger partial charge is 0.140 e. The van der Waals surface area contributed by atoms with Crippen LogP contribution in [0.5, 0.6) is 0 Å². The van der Waals surface area contributed by atoms with Crippen LogP contribution in [-0.4, -0.2) is 34.5 Å². The molecule has 0 radical (unpaired) electrons. The maximum atomic E-state index is 5.68. The molecule has 1 aromatic rings. The summed E-state index contributed by atoms with van der Waals surface area (Å²) in [6.45, 7) is 2.48. The summed E-state index contributed by atoms with van der Waals surface area (Å²) in [5, 5.41) is 7.30. The molecule has 1 fully saturated rings. The van der Waals surface area contributed by atoms with Crippen LogP contribution in [0.4, 0.5) is 0 Å². The van der Waals surface area contributed by atoms with Gasteiger partial charge in [-0.25, -0.2) is 9.67 Å². The van der Waals surface area contributed by atoms with E-state index in [1.807, 2.05) is 11.7 Å². The van der Waals surface area contributed by atoms with Crippen molar-refractivity contribution in [3.63, 3.8) is 0 Å². The van der Waals surface area contributed by atoms with E-state index >= 15 is 0 Å². The lowest BCUT2D eigenvalue weighted by atomic mass is 10.1. The Kier molecular flexibility index (Phi) is 3.69. The van der Waals surface area contributed by atoms with E-state index in [9.17, 15) is 0 Å². The Morgan fingerprint density at radius 2 is 2.53 bits per heavy atom. The number of nitrogens with one attached hydrogen (secondary N) is 1. The van der Waals surface area contributed by atoms with Crippen molar-refractivity contribution >= 4 is 0 Å². The third kappa shape index (κ3) is 2.76. The van der Waals surface area contributed by atoms with Gasteiger partial charge in [0.1, 0.15) is 12.2 Å². The van der Waals surface area contributed by atoms with Crippen LogP contribution >= 0.6 is 0 Å². The molecule has 0 saturated carbocycles. The zero-order valence-corrected chi connectivity index (χ0v) is 9.15. The number of hydrogen-bond donors (Lipinski definition) is 1. The fraction of sp³-hybridized carbons (Fsp3) is 0.800. The van der Waals surface area contributed by atoms with Crippen molar-refractivity contribution in [1.29, 1.82) is 0 Å². The molecule has 5 nitrogen and oxygen atoms in total. The van der Waals surface area contributed by atoms with Gasteiger partial charge in [-0.05, 0) is 26.3 Å². The molecule has 1 aromatic heterocycles. The lowest BCUT2D eigenvalue weighted by Crippen LogP contribution is -2.26. The second kappa shape index (κ2) is 5.23. The summed E-state index contributed by atoms with van der Waals surface area (Å²) < 4.78 is 7.61. The highest BCUT2D eigenvalue weighted by Crippen LogP contribution is 2.14. The van der Waals surface area contributed by atoms with Crippen LogP contribution in [0.2, 0.25) is 0 Å². The van der Waals surface area contributed by atoms with Crippen molar-refractivity contribution in [2.75, 3.05) is 13.7 Å². The maximum Gasteiger partial charge on any atom is 0.140 e. The van der Waals surface area contributed by atoms with Crippen LogP contribution in [0.3, 0.4) is 0 Å². The van der Waals surface area contributed by atoms with Crippen LogP contribution in [0, 0.1) is 0 Å². The first-order chi connectivity index (χ1) is 7.40. The van der Waals surface area contributed by atoms with Crippen molar-refractivity contribution in [2.24, 2.45) is 0 Å². The highest BCUT2D eigenvalue weighted by molar-refractivity contribution is 4.84. The van der Waals surface area contributed by atoms with Gasteiger partial charge in [0.25, 0.3) is 0 Å². The van der Waals surface area contributed by atoms with E-state index in [-0.39, 0.29) is 0 Å². The topological polar surface area (TPSA) is 52.0 Å². The summed E-state index contributed by atoms with van der Waals surface area (Å²) in [7, 11) is 1.91. The van der Waals surface area contributed by atoms with Gasteiger partial charge in [0.2, 0.25) is 0 Å². The molecule has 2 rings (SSSR count). The molecular weight excluding hydrogens is 192 g/mol. The summed E-state index contributed by atoms with van der Waals surface area (Å²) in [6.07, 6.45) is 5.52. The van der Waals surface area contributed by atoms with E-state index in [0.29, 0.717) is 6.10 Å². The Morgan fingerprint density at radius 3 is 3.27 bits per heavy atom. The molecule has 1 atom stereocenters. The predicted molar refractivity (Wildman–Crippen MR) is 56.4 cm³/mol. The van der Waals surface area contributed by atoms with Crippen molar-refractivity contribution in [2.45, 2.75) is 38.5 Å². The standard InChI is InChI=1S/C10H18N4O/c1-11-6-10-12-8-13-14(10)7-9-4-2-3-5-15-9/h8-9,11H,2-7H2,1H3. The molecule has 1 aliphatic heterocycles. The summed E-state index contributed by atoms with van der Waals surface area (Å²) in [5.74, 6) is 0.978. The maximum absolute atomic E-state index is 5.68. The first-order valence-corrected chi connectivity index (χ1v) is 5.53. The summed E-state index contributed by atoms with van der Waals surface area (Å²) in [5.41, 5.74) is 0. The van der Waals surface area contributed by atoms with E-state index < -0.39 is 0 Å². The summed E-state index contributed by atoms with van der Waals surface area (Å²) >= 11 is 0. The first-order valence-electron chi connectivity index (χ1n) is 5.53. The molecule has 15 heavy (non-hydrogen) atoms. The van der Waals surface area contributed by atoms with E-state index in [2.05, 4.69) is 15.4 Å². The number of aromatic nitrogens is 3. The lowest BCUT2D eigenvalue weighted by Gasteiger charge is -2.22. The van der Waals surface area contributed by atoms with Gasteiger partial charge in [0, 0.05) is 6.61 Å². The zero-order valence-electron chi connectivity index (χ0n) is 9.15. The predicted octanol–water partition coefficient (Wildman–Crippen LogP) is 0.567. The minimum atomic E-state index is 0.316. The highest BCUT2D eigenvalue weighted by atomic mass is 16.5. The minimum Gasteiger partial charge on any atom is -0.376 e. The van der Waals surface area contributed by atoms with Gasteiger partial charge in [0.05, 0.1) is 19.2 Å². The minimum absolute atomic E-state index is 0.316. The number of rotatable bonds is 4. The van der Waals surface area contributed by atoms with Gasteiger partial charge in [-0.1, -0.05) is 0 Å². The fourth-order valence-electron chi connectivity index (χ4n) is 1.88. The molecular formula is C10H18N4O. The van der Waals surface area contributed by atoms with E-state index in [4.69, 9.17) is 4.74 Å². The molecule has 84 valence electrons. The van der Waals surface area contributed by atoms with Gasteiger partial charge < -0.3 is 10.1 Å². The van der Waals surface area contributed by atoms with Crippen LogP contribution in [0.15, 0.2) is 6.33 Å². The molecule has 5 heteroatoms. The van der Waals surface area contributed by atoms with E-state index in [1.54, 1.807) is 6.33 Å². The molecule has 1 unspecified atom stereocenters. The first kappa shape index (κ1) is 10.6. The Hall–Kier alpha value is -0.940.